The van der Waals surface area contributed by atoms with E-state index in [1.54, 1.807) is 30.5 Å². The highest BCUT2D eigenvalue weighted by Crippen LogP contribution is 2.28. The van der Waals surface area contributed by atoms with Crippen LogP contribution in [0.15, 0.2) is 67.4 Å². The van der Waals surface area contributed by atoms with E-state index in [1.165, 1.54) is 7.11 Å². The standard InChI is InChI=1S/C20H18N2O3/c1-3-10-25-18-9-8-15(12-19(18)24-2)20(23)22-16-11-14-6-4-5-7-17(14)21-13-16/h3-9,11-13H,1,10H2,2H3,(H,22,23). The van der Waals surface area contributed by atoms with Crippen molar-refractivity contribution in [1.29, 1.82) is 0 Å². The zero-order chi connectivity index (χ0) is 17.6. The summed E-state index contributed by atoms with van der Waals surface area (Å²) >= 11 is 0. The third-order valence-electron chi connectivity index (χ3n) is 3.63. The number of rotatable bonds is 6. The number of anilines is 1. The Labute approximate surface area is 145 Å². The Kier molecular flexibility index (Phi) is 4.95. The van der Waals surface area contributed by atoms with E-state index in [0.717, 1.165) is 10.9 Å². The van der Waals surface area contributed by atoms with Crippen LogP contribution in [-0.2, 0) is 0 Å². The molecule has 126 valence electrons. The Balaban J connectivity index is 1.80. The number of ether oxygens (including phenoxy) is 2. The quantitative estimate of drug-likeness (QED) is 0.691. The molecule has 2 aromatic carbocycles. The molecule has 0 saturated carbocycles. The third kappa shape index (κ3) is 3.77. The molecule has 0 aliphatic rings. The van der Waals surface area contributed by atoms with E-state index in [-0.39, 0.29) is 5.91 Å². The van der Waals surface area contributed by atoms with Crippen molar-refractivity contribution in [2.24, 2.45) is 0 Å². The van der Waals surface area contributed by atoms with Gasteiger partial charge in [-0.05, 0) is 30.3 Å². The molecule has 0 fully saturated rings. The second kappa shape index (κ2) is 7.49. The van der Waals surface area contributed by atoms with Gasteiger partial charge in [0.15, 0.2) is 11.5 Å². The van der Waals surface area contributed by atoms with Crippen LogP contribution >= 0.6 is 0 Å². The number of hydrogen-bond acceptors (Lipinski definition) is 4. The van der Waals surface area contributed by atoms with Gasteiger partial charge in [-0.2, -0.15) is 0 Å². The van der Waals surface area contributed by atoms with E-state index >= 15 is 0 Å². The summed E-state index contributed by atoms with van der Waals surface area (Å²) in [5.41, 5.74) is 1.98. The van der Waals surface area contributed by atoms with Crippen LogP contribution in [0.25, 0.3) is 10.9 Å². The Morgan fingerprint density at radius 3 is 2.84 bits per heavy atom. The molecule has 0 unspecified atom stereocenters. The smallest absolute Gasteiger partial charge is 0.255 e. The van der Waals surface area contributed by atoms with Gasteiger partial charge in [-0.25, -0.2) is 0 Å². The fourth-order valence-corrected chi connectivity index (χ4v) is 2.42. The van der Waals surface area contributed by atoms with Crippen molar-refractivity contribution >= 4 is 22.5 Å². The molecule has 5 nitrogen and oxygen atoms in total. The van der Waals surface area contributed by atoms with Crippen LogP contribution in [0.5, 0.6) is 11.5 Å². The molecule has 0 bridgehead atoms. The number of amides is 1. The summed E-state index contributed by atoms with van der Waals surface area (Å²) < 4.78 is 10.8. The number of carbonyl (C=O) groups is 1. The third-order valence-corrected chi connectivity index (χ3v) is 3.63. The number of fused-ring (bicyclic) bond motifs is 1. The average molecular weight is 334 g/mol. The van der Waals surface area contributed by atoms with Crippen molar-refractivity contribution in [2.75, 3.05) is 19.0 Å². The Morgan fingerprint density at radius 1 is 1.20 bits per heavy atom. The zero-order valence-corrected chi connectivity index (χ0v) is 13.9. The fraction of sp³-hybridized carbons (Fsp3) is 0.100. The van der Waals surface area contributed by atoms with Gasteiger partial charge < -0.3 is 14.8 Å². The molecule has 0 spiro atoms. The number of benzene rings is 2. The van der Waals surface area contributed by atoms with Crippen molar-refractivity contribution in [3.8, 4) is 11.5 Å². The number of nitrogens with zero attached hydrogens (tertiary/aromatic N) is 1. The average Bonchev–Trinajstić information content (AvgIpc) is 2.66. The van der Waals surface area contributed by atoms with Gasteiger partial charge in [-0.3, -0.25) is 9.78 Å². The minimum atomic E-state index is -0.245. The van der Waals surface area contributed by atoms with E-state index in [4.69, 9.17) is 9.47 Å². The van der Waals surface area contributed by atoms with E-state index in [1.807, 2.05) is 30.3 Å². The summed E-state index contributed by atoms with van der Waals surface area (Å²) in [6, 6.07) is 14.7. The first-order valence-electron chi connectivity index (χ1n) is 7.79. The zero-order valence-electron chi connectivity index (χ0n) is 13.9. The highest BCUT2D eigenvalue weighted by Gasteiger charge is 2.12. The molecule has 0 saturated heterocycles. The van der Waals surface area contributed by atoms with Crippen LogP contribution in [0, 0.1) is 0 Å². The summed E-state index contributed by atoms with van der Waals surface area (Å²) in [5.74, 6) is 0.808. The maximum Gasteiger partial charge on any atom is 0.255 e. The molecule has 0 atom stereocenters. The van der Waals surface area contributed by atoms with Gasteiger partial charge in [-0.15, -0.1) is 0 Å². The van der Waals surface area contributed by atoms with Crippen LogP contribution in [0.4, 0.5) is 5.69 Å². The molecule has 0 aliphatic carbocycles. The minimum absolute atomic E-state index is 0.245. The largest absolute Gasteiger partial charge is 0.493 e. The van der Waals surface area contributed by atoms with Gasteiger partial charge in [-0.1, -0.05) is 30.9 Å². The molecule has 0 aliphatic heterocycles. The molecular weight excluding hydrogens is 316 g/mol. The lowest BCUT2D eigenvalue weighted by Crippen LogP contribution is -2.12. The van der Waals surface area contributed by atoms with E-state index in [0.29, 0.717) is 29.4 Å². The summed E-state index contributed by atoms with van der Waals surface area (Å²) in [4.78, 5) is 16.8. The fourth-order valence-electron chi connectivity index (χ4n) is 2.42. The van der Waals surface area contributed by atoms with Gasteiger partial charge in [0.2, 0.25) is 0 Å². The van der Waals surface area contributed by atoms with Crippen LogP contribution in [0.3, 0.4) is 0 Å². The van der Waals surface area contributed by atoms with Crippen molar-refractivity contribution < 1.29 is 14.3 Å². The van der Waals surface area contributed by atoms with Gasteiger partial charge in [0, 0.05) is 10.9 Å². The predicted octanol–water partition coefficient (Wildman–Crippen LogP) is 4.06. The van der Waals surface area contributed by atoms with E-state index < -0.39 is 0 Å². The Morgan fingerprint density at radius 2 is 2.04 bits per heavy atom. The minimum Gasteiger partial charge on any atom is -0.493 e. The predicted molar refractivity (Wildman–Crippen MR) is 98.4 cm³/mol. The van der Waals surface area contributed by atoms with Crippen molar-refractivity contribution in [3.05, 3.63) is 72.9 Å². The normalized spacial score (nSPS) is 10.3. The molecule has 1 heterocycles. The topological polar surface area (TPSA) is 60.5 Å². The van der Waals surface area contributed by atoms with Crippen LogP contribution in [-0.4, -0.2) is 24.6 Å². The van der Waals surface area contributed by atoms with Gasteiger partial charge in [0.1, 0.15) is 6.61 Å². The van der Waals surface area contributed by atoms with Crippen LogP contribution in [0.1, 0.15) is 10.4 Å². The first-order chi connectivity index (χ1) is 12.2. The van der Waals surface area contributed by atoms with Crippen LogP contribution in [0.2, 0.25) is 0 Å². The van der Waals surface area contributed by atoms with Gasteiger partial charge in [0.05, 0.1) is 24.5 Å². The second-order valence-electron chi connectivity index (χ2n) is 5.34. The van der Waals surface area contributed by atoms with Gasteiger partial charge in [0.25, 0.3) is 5.91 Å². The second-order valence-corrected chi connectivity index (χ2v) is 5.34. The summed E-state index contributed by atoms with van der Waals surface area (Å²) in [6.45, 7) is 3.98. The number of hydrogen-bond donors (Lipinski definition) is 1. The van der Waals surface area contributed by atoms with E-state index in [2.05, 4.69) is 16.9 Å². The summed E-state index contributed by atoms with van der Waals surface area (Å²) in [6.07, 6.45) is 3.28. The number of para-hydroxylation sites is 1. The number of methoxy groups -OCH3 is 1. The number of nitrogens with one attached hydrogen (secondary N) is 1. The molecule has 1 amide bonds. The summed E-state index contributed by atoms with van der Waals surface area (Å²) in [7, 11) is 1.53. The number of carbonyl (C=O) groups excluding carboxylic acids is 1. The number of aromatic nitrogens is 1. The lowest BCUT2D eigenvalue weighted by Gasteiger charge is -2.11. The Bertz CT molecular complexity index is 922. The van der Waals surface area contributed by atoms with Crippen molar-refractivity contribution in [3.63, 3.8) is 0 Å². The first kappa shape index (κ1) is 16.5. The molecule has 0 radical (unpaired) electrons. The molecule has 1 aromatic heterocycles. The van der Waals surface area contributed by atoms with Gasteiger partial charge >= 0.3 is 0 Å². The summed E-state index contributed by atoms with van der Waals surface area (Å²) in [5, 5.41) is 3.81. The lowest BCUT2D eigenvalue weighted by molar-refractivity contribution is 0.102. The monoisotopic (exact) mass is 334 g/mol. The molecule has 1 N–H and O–H groups in total. The van der Waals surface area contributed by atoms with Crippen molar-refractivity contribution in [2.45, 2.75) is 0 Å². The molecule has 5 heteroatoms. The molecule has 3 aromatic rings. The molecular formula is C20H18N2O3. The van der Waals surface area contributed by atoms with E-state index in [9.17, 15) is 4.79 Å². The first-order valence-corrected chi connectivity index (χ1v) is 7.79. The highest BCUT2D eigenvalue weighted by atomic mass is 16.5. The lowest BCUT2D eigenvalue weighted by atomic mass is 10.1. The molecule has 25 heavy (non-hydrogen) atoms. The molecule has 3 rings (SSSR count). The maximum atomic E-state index is 12.5. The Hall–Kier alpha value is -3.34. The van der Waals surface area contributed by atoms with Crippen molar-refractivity contribution in [1.82, 2.24) is 4.98 Å². The highest BCUT2D eigenvalue weighted by molar-refractivity contribution is 6.05. The SMILES string of the molecule is C=CCOc1ccc(C(=O)Nc2cnc3ccccc3c2)cc1OC. The van der Waals surface area contributed by atoms with Crippen LogP contribution < -0.4 is 14.8 Å². The number of pyridine rings is 1. The maximum absolute atomic E-state index is 12.5.